The van der Waals surface area contributed by atoms with Crippen LogP contribution in [0.4, 0.5) is 13.2 Å². The Morgan fingerprint density at radius 2 is 1.80 bits per heavy atom. The third-order valence-electron chi connectivity index (χ3n) is 1.81. The average Bonchev–Trinajstić information content (AvgIpc) is 2.17. The van der Waals surface area contributed by atoms with Gasteiger partial charge in [0, 0.05) is 6.42 Å². The highest BCUT2D eigenvalue weighted by Gasteiger charge is 2.32. The third kappa shape index (κ3) is 3.30. The summed E-state index contributed by atoms with van der Waals surface area (Å²) in [5, 5.41) is 8.38. The molecular formula is C11H9F3O. The van der Waals surface area contributed by atoms with Crippen molar-refractivity contribution in [2.75, 3.05) is 6.61 Å². The van der Waals surface area contributed by atoms with Gasteiger partial charge in [0.15, 0.2) is 0 Å². The molecule has 0 unspecified atom stereocenters. The molecule has 0 fully saturated rings. The van der Waals surface area contributed by atoms with E-state index in [2.05, 4.69) is 11.8 Å². The molecule has 1 rings (SSSR count). The highest BCUT2D eigenvalue weighted by atomic mass is 19.4. The standard InChI is InChI=1S/C11H9F3O/c12-11(13,14)10-7-2-1-5-9(10)6-3-4-8-15/h1-2,5,7,15H,6,8H2. The van der Waals surface area contributed by atoms with Crippen molar-refractivity contribution in [3.8, 4) is 11.8 Å². The second-order valence-corrected chi connectivity index (χ2v) is 2.84. The predicted octanol–water partition coefficient (Wildman–Crippen LogP) is 2.24. The molecule has 1 aromatic carbocycles. The molecule has 15 heavy (non-hydrogen) atoms. The van der Waals surface area contributed by atoms with Gasteiger partial charge < -0.3 is 5.11 Å². The molecule has 0 spiro atoms. The molecule has 80 valence electrons. The lowest BCUT2D eigenvalue weighted by Crippen LogP contribution is -2.08. The monoisotopic (exact) mass is 214 g/mol. The number of halogens is 3. The number of aliphatic hydroxyl groups excluding tert-OH is 1. The van der Waals surface area contributed by atoms with Crippen LogP contribution in [-0.4, -0.2) is 11.7 Å². The lowest BCUT2D eigenvalue weighted by Gasteiger charge is -2.10. The summed E-state index contributed by atoms with van der Waals surface area (Å²) >= 11 is 0. The SMILES string of the molecule is OCC#CCc1ccccc1C(F)(F)F. The molecule has 0 aromatic heterocycles. The molecule has 1 aromatic rings. The Kier molecular flexibility index (Phi) is 3.75. The van der Waals surface area contributed by atoms with E-state index < -0.39 is 11.7 Å². The zero-order valence-electron chi connectivity index (χ0n) is 7.80. The van der Waals surface area contributed by atoms with Gasteiger partial charge >= 0.3 is 6.18 Å². The van der Waals surface area contributed by atoms with E-state index in [9.17, 15) is 13.2 Å². The number of hydrogen-bond donors (Lipinski definition) is 1. The maximum atomic E-state index is 12.5. The van der Waals surface area contributed by atoms with Gasteiger partial charge in [-0.15, -0.1) is 0 Å². The minimum absolute atomic E-state index is 0.00373. The fraction of sp³-hybridized carbons (Fsp3) is 0.273. The molecule has 4 heteroatoms. The first-order valence-electron chi connectivity index (χ1n) is 4.27. The molecule has 0 bridgehead atoms. The summed E-state index contributed by atoms with van der Waals surface area (Å²) in [6.07, 6.45) is -4.35. The Balaban J connectivity index is 2.97. The van der Waals surface area contributed by atoms with Crippen molar-refractivity contribution >= 4 is 0 Å². The van der Waals surface area contributed by atoms with E-state index in [1.807, 2.05) is 0 Å². The van der Waals surface area contributed by atoms with Crippen LogP contribution < -0.4 is 0 Å². The first kappa shape index (κ1) is 11.6. The number of hydrogen-bond acceptors (Lipinski definition) is 1. The molecule has 0 radical (unpaired) electrons. The van der Waals surface area contributed by atoms with Gasteiger partial charge in [-0.1, -0.05) is 30.0 Å². The Morgan fingerprint density at radius 3 is 2.40 bits per heavy atom. The molecule has 1 N–H and O–H groups in total. The van der Waals surface area contributed by atoms with E-state index in [1.54, 1.807) is 0 Å². The quantitative estimate of drug-likeness (QED) is 0.711. The van der Waals surface area contributed by atoms with Crippen molar-refractivity contribution in [1.82, 2.24) is 0 Å². The molecule has 0 aliphatic rings. The number of rotatable bonds is 1. The number of alkyl halides is 3. The highest BCUT2D eigenvalue weighted by Crippen LogP contribution is 2.31. The van der Waals surface area contributed by atoms with Gasteiger partial charge in [-0.3, -0.25) is 0 Å². The lowest BCUT2D eigenvalue weighted by atomic mass is 10.0. The summed E-state index contributed by atoms with van der Waals surface area (Å²) in [6, 6.07) is 5.28. The van der Waals surface area contributed by atoms with E-state index in [0.29, 0.717) is 0 Å². The van der Waals surface area contributed by atoms with Crippen molar-refractivity contribution in [2.24, 2.45) is 0 Å². The lowest BCUT2D eigenvalue weighted by molar-refractivity contribution is -0.138. The zero-order valence-corrected chi connectivity index (χ0v) is 7.80. The van der Waals surface area contributed by atoms with Crippen molar-refractivity contribution in [3.63, 3.8) is 0 Å². The van der Waals surface area contributed by atoms with E-state index >= 15 is 0 Å². The van der Waals surface area contributed by atoms with E-state index in [-0.39, 0.29) is 18.6 Å². The maximum absolute atomic E-state index is 12.5. The largest absolute Gasteiger partial charge is 0.416 e. The van der Waals surface area contributed by atoms with Crippen molar-refractivity contribution in [1.29, 1.82) is 0 Å². The maximum Gasteiger partial charge on any atom is 0.416 e. The van der Waals surface area contributed by atoms with Crippen LogP contribution in [0.15, 0.2) is 24.3 Å². The van der Waals surface area contributed by atoms with Gasteiger partial charge in [-0.05, 0) is 11.6 Å². The van der Waals surface area contributed by atoms with Crippen molar-refractivity contribution in [3.05, 3.63) is 35.4 Å². The predicted molar refractivity (Wildman–Crippen MR) is 50.0 cm³/mol. The fourth-order valence-corrected chi connectivity index (χ4v) is 1.16. The molecule has 0 aliphatic heterocycles. The van der Waals surface area contributed by atoms with Gasteiger partial charge in [0.1, 0.15) is 6.61 Å². The summed E-state index contributed by atoms with van der Waals surface area (Å²) < 4.78 is 37.4. The fourth-order valence-electron chi connectivity index (χ4n) is 1.16. The first-order chi connectivity index (χ1) is 7.05. The smallest absolute Gasteiger partial charge is 0.384 e. The Labute approximate surface area is 85.5 Å². The normalized spacial score (nSPS) is 10.7. The van der Waals surface area contributed by atoms with Crippen molar-refractivity contribution < 1.29 is 18.3 Å². The summed E-state index contributed by atoms with van der Waals surface area (Å²) in [4.78, 5) is 0. The van der Waals surface area contributed by atoms with Crippen LogP contribution in [0, 0.1) is 11.8 Å². The van der Waals surface area contributed by atoms with Gasteiger partial charge in [0.05, 0.1) is 5.56 Å². The van der Waals surface area contributed by atoms with Gasteiger partial charge in [-0.25, -0.2) is 0 Å². The molecule has 0 heterocycles. The summed E-state index contributed by atoms with van der Waals surface area (Å²) in [6.45, 7) is -0.339. The summed E-state index contributed by atoms with van der Waals surface area (Å²) in [5.41, 5.74) is -0.539. The minimum Gasteiger partial charge on any atom is -0.384 e. The van der Waals surface area contributed by atoms with Crippen LogP contribution in [0.2, 0.25) is 0 Å². The van der Waals surface area contributed by atoms with Crippen LogP contribution in [-0.2, 0) is 12.6 Å². The van der Waals surface area contributed by atoms with Gasteiger partial charge in [-0.2, -0.15) is 13.2 Å². The van der Waals surface area contributed by atoms with E-state index in [0.717, 1.165) is 6.07 Å². The van der Waals surface area contributed by atoms with Gasteiger partial charge in [0.2, 0.25) is 0 Å². The highest BCUT2D eigenvalue weighted by molar-refractivity contribution is 5.32. The van der Waals surface area contributed by atoms with Crippen molar-refractivity contribution in [2.45, 2.75) is 12.6 Å². The molecular weight excluding hydrogens is 205 g/mol. The number of benzene rings is 1. The second-order valence-electron chi connectivity index (χ2n) is 2.84. The van der Waals surface area contributed by atoms with E-state index in [1.165, 1.54) is 18.2 Å². The summed E-state index contributed by atoms with van der Waals surface area (Å²) in [7, 11) is 0. The molecule has 0 saturated heterocycles. The second kappa shape index (κ2) is 4.85. The zero-order chi connectivity index (χ0) is 11.3. The first-order valence-corrected chi connectivity index (χ1v) is 4.27. The van der Waals surface area contributed by atoms with Crippen LogP contribution in [0.3, 0.4) is 0 Å². The molecule has 0 aliphatic carbocycles. The Morgan fingerprint density at radius 1 is 1.13 bits per heavy atom. The Hall–Kier alpha value is -1.47. The van der Waals surface area contributed by atoms with E-state index in [4.69, 9.17) is 5.11 Å². The van der Waals surface area contributed by atoms with Gasteiger partial charge in [0.25, 0.3) is 0 Å². The molecule has 0 amide bonds. The van der Waals surface area contributed by atoms with Crippen LogP contribution in [0.5, 0.6) is 0 Å². The average molecular weight is 214 g/mol. The third-order valence-corrected chi connectivity index (χ3v) is 1.81. The Bertz CT molecular complexity index is 385. The molecule has 1 nitrogen and oxygen atoms in total. The van der Waals surface area contributed by atoms with Crippen LogP contribution in [0.25, 0.3) is 0 Å². The summed E-state index contributed by atoms with van der Waals surface area (Å²) in [5.74, 6) is 4.78. The number of aliphatic hydroxyl groups is 1. The minimum atomic E-state index is -4.35. The topological polar surface area (TPSA) is 20.2 Å². The van der Waals surface area contributed by atoms with Crippen LogP contribution >= 0.6 is 0 Å². The molecule has 0 saturated carbocycles. The molecule has 0 atom stereocenters. The van der Waals surface area contributed by atoms with Crippen LogP contribution in [0.1, 0.15) is 11.1 Å².